The topological polar surface area (TPSA) is 85.4 Å². The van der Waals surface area contributed by atoms with Crippen molar-refractivity contribution in [3.8, 4) is 17.2 Å². The van der Waals surface area contributed by atoms with Gasteiger partial charge >= 0.3 is 0 Å². The van der Waals surface area contributed by atoms with Crippen molar-refractivity contribution in [2.75, 3.05) is 45.5 Å². The van der Waals surface area contributed by atoms with Gasteiger partial charge in [-0.15, -0.1) is 0 Å². The molecule has 0 unspecified atom stereocenters. The van der Waals surface area contributed by atoms with Crippen molar-refractivity contribution in [1.82, 2.24) is 4.90 Å². The molecule has 0 bridgehead atoms. The molecule has 0 N–H and O–H groups in total. The highest BCUT2D eigenvalue weighted by Crippen LogP contribution is 2.33. The zero-order chi connectivity index (χ0) is 21.6. The van der Waals surface area contributed by atoms with Crippen molar-refractivity contribution in [3.63, 3.8) is 0 Å². The summed E-state index contributed by atoms with van der Waals surface area (Å²) in [5.74, 6) is 1.04. The van der Waals surface area contributed by atoms with Crippen LogP contribution < -0.4 is 18.5 Å². The number of rotatable bonds is 9. The summed E-state index contributed by atoms with van der Waals surface area (Å²) in [6.07, 6.45) is 1.04. The number of ether oxygens (including phenoxy) is 3. The molecule has 2 aromatic carbocycles. The quantitative estimate of drug-likeness (QED) is 0.616. The Morgan fingerprint density at radius 2 is 1.62 bits per heavy atom. The lowest BCUT2D eigenvalue weighted by Gasteiger charge is -2.27. The van der Waals surface area contributed by atoms with E-state index in [-0.39, 0.29) is 24.7 Å². The van der Waals surface area contributed by atoms with Crippen LogP contribution in [-0.2, 0) is 21.4 Å². The van der Waals surface area contributed by atoms with Gasteiger partial charge in [-0.3, -0.25) is 9.10 Å². The summed E-state index contributed by atoms with van der Waals surface area (Å²) < 4.78 is 41.7. The fraction of sp³-hybridized carbons (Fsp3) is 0.350. The molecule has 0 saturated carbocycles. The summed E-state index contributed by atoms with van der Waals surface area (Å²) in [4.78, 5) is 14.3. The number of likely N-dealkylation sites (N-methyl/N-ethyl adjacent to an activating group) is 1. The highest BCUT2D eigenvalue weighted by molar-refractivity contribution is 7.92. The smallest absolute Gasteiger partial charge is 0.243 e. The van der Waals surface area contributed by atoms with Gasteiger partial charge in [0.2, 0.25) is 15.9 Å². The Hall–Kier alpha value is -2.94. The minimum absolute atomic E-state index is 0.230. The summed E-state index contributed by atoms with van der Waals surface area (Å²) in [7, 11) is 2.31. The first kappa shape index (κ1) is 22.4. The third-order valence-electron chi connectivity index (χ3n) is 4.36. The van der Waals surface area contributed by atoms with E-state index in [4.69, 9.17) is 14.2 Å². The van der Waals surface area contributed by atoms with Crippen molar-refractivity contribution in [3.05, 3.63) is 48.0 Å². The van der Waals surface area contributed by atoms with Crippen LogP contribution in [0.1, 0.15) is 5.56 Å². The molecule has 29 heavy (non-hydrogen) atoms. The van der Waals surface area contributed by atoms with Crippen molar-refractivity contribution >= 4 is 21.6 Å². The second-order valence-electron chi connectivity index (χ2n) is 6.37. The second-order valence-corrected chi connectivity index (χ2v) is 8.28. The largest absolute Gasteiger partial charge is 0.497 e. The number of hydrogen-bond acceptors (Lipinski definition) is 6. The van der Waals surface area contributed by atoms with Gasteiger partial charge in [-0.25, -0.2) is 8.42 Å². The van der Waals surface area contributed by atoms with E-state index in [0.29, 0.717) is 17.2 Å². The third kappa shape index (κ3) is 5.54. The van der Waals surface area contributed by atoms with Gasteiger partial charge in [-0.2, -0.15) is 0 Å². The van der Waals surface area contributed by atoms with Crippen molar-refractivity contribution < 1.29 is 27.4 Å². The molecule has 1 amide bonds. The Morgan fingerprint density at radius 1 is 0.966 bits per heavy atom. The molecule has 0 aliphatic carbocycles. The zero-order valence-corrected chi connectivity index (χ0v) is 18.0. The Balaban J connectivity index is 2.30. The van der Waals surface area contributed by atoms with Crippen molar-refractivity contribution in [2.45, 2.75) is 6.54 Å². The van der Waals surface area contributed by atoms with Gasteiger partial charge < -0.3 is 19.1 Å². The Bertz CT molecular complexity index is 961. The number of benzene rings is 2. The number of para-hydroxylation sites is 1. The minimum atomic E-state index is -3.76. The maximum Gasteiger partial charge on any atom is 0.243 e. The van der Waals surface area contributed by atoms with Gasteiger partial charge in [-0.05, 0) is 18.2 Å². The number of nitrogens with zero attached hydrogens (tertiary/aromatic N) is 2. The monoisotopic (exact) mass is 422 g/mol. The van der Waals surface area contributed by atoms with Crippen LogP contribution in [0.3, 0.4) is 0 Å². The van der Waals surface area contributed by atoms with Gasteiger partial charge in [-0.1, -0.05) is 18.2 Å². The average molecular weight is 423 g/mol. The predicted octanol–water partition coefficient (Wildman–Crippen LogP) is 2.14. The molecule has 9 heteroatoms. The normalized spacial score (nSPS) is 10.9. The third-order valence-corrected chi connectivity index (χ3v) is 5.49. The molecule has 0 heterocycles. The standard InChI is InChI=1S/C20H26N2O6S/c1-21(13-15-8-6-7-9-18(15)27-3)20(23)14-22(29(5,24)25)17-12-16(26-2)10-11-19(17)28-4/h6-12H,13-14H2,1-5H3. The lowest BCUT2D eigenvalue weighted by Crippen LogP contribution is -2.41. The van der Waals surface area contributed by atoms with E-state index in [1.54, 1.807) is 32.4 Å². The van der Waals surface area contributed by atoms with Crippen LogP contribution in [0.5, 0.6) is 17.2 Å². The number of methoxy groups -OCH3 is 3. The van der Waals surface area contributed by atoms with E-state index in [0.717, 1.165) is 16.1 Å². The number of hydrogen-bond donors (Lipinski definition) is 0. The molecule has 158 valence electrons. The van der Waals surface area contributed by atoms with Crippen molar-refractivity contribution in [2.24, 2.45) is 0 Å². The van der Waals surface area contributed by atoms with Gasteiger partial charge in [0, 0.05) is 25.2 Å². The Labute approximate surface area is 171 Å². The molecule has 0 aromatic heterocycles. The van der Waals surface area contributed by atoms with Crippen LogP contribution in [0.15, 0.2) is 42.5 Å². The summed E-state index contributed by atoms with van der Waals surface area (Å²) in [5, 5.41) is 0. The Morgan fingerprint density at radius 3 is 2.21 bits per heavy atom. The molecule has 2 rings (SSSR count). The lowest BCUT2D eigenvalue weighted by atomic mass is 10.2. The molecule has 0 aliphatic rings. The minimum Gasteiger partial charge on any atom is -0.497 e. The van der Waals surface area contributed by atoms with E-state index in [9.17, 15) is 13.2 Å². The van der Waals surface area contributed by atoms with Gasteiger partial charge in [0.1, 0.15) is 23.8 Å². The lowest BCUT2D eigenvalue weighted by molar-refractivity contribution is -0.128. The highest BCUT2D eigenvalue weighted by atomic mass is 32.2. The van der Waals surface area contributed by atoms with Crippen molar-refractivity contribution in [1.29, 1.82) is 0 Å². The fourth-order valence-electron chi connectivity index (χ4n) is 2.79. The van der Waals surface area contributed by atoms with Gasteiger partial charge in [0.15, 0.2) is 0 Å². The van der Waals surface area contributed by atoms with Crippen LogP contribution >= 0.6 is 0 Å². The summed E-state index contributed by atoms with van der Waals surface area (Å²) in [5.41, 5.74) is 1.05. The number of carbonyl (C=O) groups excluding carboxylic acids is 1. The zero-order valence-electron chi connectivity index (χ0n) is 17.2. The first-order chi connectivity index (χ1) is 13.7. The van der Waals surface area contributed by atoms with E-state index in [1.165, 1.54) is 25.2 Å². The van der Waals surface area contributed by atoms with Crippen LogP contribution in [0.2, 0.25) is 0 Å². The van der Waals surface area contributed by atoms with Crippen LogP contribution in [0.4, 0.5) is 5.69 Å². The van der Waals surface area contributed by atoms with E-state index >= 15 is 0 Å². The van der Waals surface area contributed by atoms with Crippen LogP contribution in [-0.4, -0.2) is 60.4 Å². The molecule has 8 nitrogen and oxygen atoms in total. The number of carbonyl (C=O) groups is 1. The van der Waals surface area contributed by atoms with E-state index < -0.39 is 10.0 Å². The second kappa shape index (κ2) is 9.51. The van der Waals surface area contributed by atoms with Crippen LogP contribution in [0.25, 0.3) is 0 Å². The maximum atomic E-state index is 12.8. The summed E-state index contributed by atoms with van der Waals surface area (Å²) in [6.45, 7) is -0.107. The Kier molecular flexibility index (Phi) is 7.33. The first-order valence-electron chi connectivity index (χ1n) is 8.76. The molecule has 2 aromatic rings. The predicted molar refractivity (Wildman–Crippen MR) is 111 cm³/mol. The van der Waals surface area contributed by atoms with Gasteiger partial charge in [0.05, 0.1) is 33.3 Å². The molecule has 0 fully saturated rings. The number of sulfonamides is 1. The van der Waals surface area contributed by atoms with E-state index in [2.05, 4.69) is 0 Å². The SMILES string of the molecule is COc1ccc(OC)c(N(CC(=O)N(C)Cc2ccccc2OC)S(C)(=O)=O)c1. The molecular formula is C20H26N2O6S. The highest BCUT2D eigenvalue weighted by Gasteiger charge is 2.26. The number of amides is 1. The number of anilines is 1. The molecule has 0 aliphatic heterocycles. The summed E-state index contributed by atoms with van der Waals surface area (Å²) >= 11 is 0. The molecular weight excluding hydrogens is 396 g/mol. The maximum absolute atomic E-state index is 12.8. The molecule has 0 spiro atoms. The molecule has 0 atom stereocenters. The van der Waals surface area contributed by atoms with Crippen LogP contribution in [0, 0.1) is 0 Å². The van der Waals surface area contributed by atoms with Gasteiger partial charge in [0.25, 0.3) is 0 Å². The molecule has 0 saturated heterocycles. The molecule has 0 radical (unpaired) electrons. The summed E-state index contributed by atoms with van der Waals surface area (Å²) in [6, 6.07) is 12.1. The fourth-order valence-corrected chi connectivity index (χ4v) is 3.64. The first-order valence-corrected chi connectivity index (χ1v) is 10.6. The average Bonchev–Trinajstić information content (AvgIpc) is 2.70. The van der Waals surface area contributed by atoms with E-state index in [1.807, 2.05) is 18.2 Å².